The van der Waals surface area contributed by atoms with Crippen molar-refractivity contribution in [3.8, 4) is 5.75 Å². The molecule has 0 spiro atoms. The molecule has 1 aromatic carbocycles. The van der Waals surface area contributed by atoms with Gasteiger partial charge in [-0.1, -0.05) is 11.6 Å². The van der Waals surface area contributed by atoms with Gasteiger partial charge in [0.1, 0.15) is 11.7 Å². The summed E-state index contributed by atoms with van der Waals surface area (Å²) in [5.74, 6) is -3.65. The number of alkyl halides is 2. The standard InChI is InChI=1S/C11H10ClF2NO4/c1-5(10(17)18)9(16)15-6-2-3-7(12)8(4-6)19-11(13)14/h2-5,11H,1H3,(H,15,16)(H,17,18). The largest absolute Gasteiger partial charge is 0.481 e. The molecule has 0 aliphatic rings. The zero-order chi connectivity index (χ0) is 14.6. The van der Waals surface area contributed by atoms with Gasteiger partial charge in [0.25, 0.3) is 0 Å². The van der Waals surface area contributed by atoms with Crippen LogP contribution < -0.4 is 10.1 Å². The topological polar surface area (TPSA) is 75.6 Å². The predicted octanol–water partition coefficient (Wildman–Crippen LogP) is 2.60. The molecule has 0 radical (unpaired) electrons. The Balaban J connectivity index is 2.85. The highest BCUT2D eigenvalue weighted by atomic mass is 35.5. The van der Waals surface area contributed by atoms with E-state index >= 15 is 0 Å². The molecule has 1 unspecified atom stereocenters. The SMILES string of the molecule is CC(C(=O)O)C(=O)Nc1ccc(Cl)c(OC(F)F)c1. The van der Waals surface area contributed by atoms with Gasteiger partial charge in [-0.15, -0.1) is 0 Å². The molecule has 8 heteroatoms. The van der Waals surface area contributed by atoms with E-state index in [4.69, 9.17) is 16.7 Å². The Kier molecular flexibility index (Phi) is 5.05. The van der Waals surface area contributed by atoms with E-state index in [2.05, 4.69) is 10.1 Å². The summed E-state index contributed by atoms with van der Waals surface area (Å²) in [5.41, 5.74) is 0.109. The fraction of sp³-hybridized carbons (Fsp3) is 0.273. The van der Waals surface area contributed by atoms with E-state index in [0.717, 1.165) is 6.07 Å². The van der Waals surface area contributed by atoms with Crippen molar-refractivity contribution in [1.29, 1.82) is 0 Å². The Hall–Kier alpha value is -1.89. The van der Waals surface area contributed by atoms with Crippen molar-refractivity contribution in [3.05, 3.63) is 23.2 Å². The van der Waals surface area contributed by atoms with E-state index < -0.39 is 24.4 Å². The molecule has 5 nitrogen and oxygen atoms in total. The monoisotopic (exact) mass is 293 g/mol. The molecule has 0 bridgehead atoms. The number of rotatable bonds is 5. The minimum atomic E-state index is -3.05. The molecule has 19 heavy (non-hydrogen) atoms. The first-order valence-electron chi connectivity index (χ1n) is 5.09. The van der Waals surface area contributed by atoms with E-state index in [1.54, 1.807) is 0 Å². The number of hydrogen-bond donors (Lipinski definition) is 2. The van der Waals surface area contributed by atoms with Crippen LogP contribution in [0.3, 0.4) is 0 Å². The second kappa shape index (κ2) is 6.33. The summed E-state index contributed by atoms with van der Waals surface area (Å²) < 4.78 is 28.3. The first-order chi connectivity index (χ1) is 8.81. The molecule has 0 aliphatic carbocycles. The average molecular weight is 294 g/mol. The number of carboxylic acid groups (broad SMARTS) is 1. The summed E-state index contributed by atoms with van der Waals surface area (Å²) in [7, 11) is 0. The highest BCUT2D eigenvalue weighted by Gasteiger charge is 2.21. The van der Waals surface area contributed by atoms with Gasteiger partial charge >= 0.3 is 12.6 Å². The second-order valence-electron chi connectivity index (χ2n) is 3.57. The summed E-state index contributed by atoms with van der Waals surface area (Å²) in [6.45, 7) is -1.86. The van der Waals surface area contributed by atoms with Crippen LogP contribution in [-0.4, -0.2) is 23.6 Å². The quantitative estimate of drug-likeness (QED) is 0.818. The van der Waals surface area contributed by atoms with Gasteiger partial charge in [0, 0.05) is 11.8 Å². The molecular weight excluding hydrogens is 284 g/mol. The number of hydrogen-bond acceptors (Lipinski definition) is 3. The lowest BCUT2D eigenvalue weighted by molar-refractivity contribution is -0.144. The van der Waals surface area contributed by atoms with Crippen LogP contribution in [0.1, 0.15) is 6.92 Å². The predicted molar refractivity (Wildman–Crippen MR) is 63.5 cm³/mol. The number of carboxylic acids is 1. The average Bonchev–Trinajstić information content (AvgIpc) is 2.31. The maximum Gasteiger partial charge on any atom is 0.387 e. The second-order valence-corrected chi connectivity index (χ2v) is 3.98. The Morgan fingerprint density at radius 3 is 2.58 bits per heavy atom. The lowest BCUT2D eigenvalue weighted by Gasteiger charge is -2.11. The van der Waals surface area contributed by atoms with Gasteiger partial charge in [-0.05, 0) is 19.1 Å². The number of amides is 1. The molecule has 1 aromatic rings. The maximum atomic E-state index is 12.1. The molecule has 0 aliphatic heterocycles. The molecule has 0 saturated heterocycles. The molecule has 0 heterocycles. The van der Waals surface area contributed by atoms with Crippen molar-refractivity contribution >= 4 is 29.2 Å². The number of nitrogens with one attached hydrogen (secondary N) is 1. The molecular formula is C11H10ClF2NO4. The lowest BCUT2D eigenvalue weighted by atomic mass is 10.1. The Labute approximate surface area is 112 Å². The van der Waals surface area contributed by atoms with E-state index in [9.17, 15) is 18.4 Å². The van der Waals surface area contributed by atoms with Crippen molar-refractivity contribution in [3.63, 3.8) is 0 Å². The van der Waals surface area contributed by atoms with Gasteiger partial charge < -0.3 is 15.2 Å². The van der Waals surface area contributed by atoms with E-state index in [0.29, 0.717) is 0 Å². The van der Waals surface area contributed by atoms with Crippen LogP contribution in [0.15, 0.2) is 18.2 Å². The van der Waals surface area contributed by atoms with Crippen LogP contribution in [0, 0.1) is 5.92 Å². The van der Waals surface area contributed by atoms with Crippen molar-refractivity contribution in [2.75, 3.05) is 5.32 Å². The third-order valence-corrected chi connectivity index (χ3v) is 2.49. The molecule has 0 saturated carbocycles. The van der Waals surface area contributed by atoms with Crippen molar-refractivity contribution in [1.82, 2.24) is 0 Å². The summed E-state index contributed by atoms with van der Waals surface area (Å²) in [6.07, 6.45) is 0. The molecule has 2 N–H and O–H groups in total. The van der Waals surface area contributed by atoms with Crippen LogP contribution in [0.5, 0.6) is 5.75 Å². The van der Waals surface area contributed by atoms with Crippen LogP contribution in [0.4, 0.5) is 14.5 Å². The Morgan fingerprint density at radius 1 is 1.42 bits per heavy atom. The smallest absolute Gasteiger partial charge is 0.387 e. The molecule has 104 valence electrons. The fourth-order valence-corrected chi connectivity index (χ4v) is 1.29. The maximum absolute atomic E-state index is 12.1. The molecule has 0 fully saturated rings. The van der Waals surface area contributed by atoms with Crippen molar-refractivity contribution in [2.24, 2.45) is 5.92 Å². The van der Waals surface area contributed by atoms with Crippen molar-refractivity contribution in [2.45, 2.75) is 13.5 Å². The van der Waals surface area contributed by atoms with Crippen molar-refractivity contribution < 1.29 is 28.2 Å². The van der Waals surface area contributed by atoms with Gasteiger partial charge in [-0.3, -0.25) is 9.59 Å². The van der Waals surface area contributed by atoms with Crippen LogP contribution in [0.2, 0.25) is 5.02 Å². The summed E-state index contributed by atoms with van der Waals surface area (Å²) in [5, 5.41) is 10.9. The van der Waals surface area contributed by atoms with Gasteiger partial charge in [-0.2, -0.15) is 8.78 Å². The number of aliphatic carboxylic acids is 1. The molecule has 1 rings (SSSR count). The number of ether oxygens (including phenoxy) is 1. The zero-order valence-corrected chi connectivity index (χ0v) is 10.4. The number of benzene rings is 1. The third-order valence-electron chi connectivity index (χ3n) is 2.18. The first-order valence-corrected chi connectivity index (χ1v) is 5.47. The highest BCUT2D eigenvalue weighted by molar-refractivity contribution is 6.32. The lowest BCUT2D eigenvalue weighted by Crippen LogP contribution is -2.26. The van der Waals surface area contributed by atoms with E-state index in [1.807, 2.05) is 0 Å². The number of halogens is 3. The number of anilines is 1. The minimum absolute atomic E-state index is 0.0513. The first kappa shape index (κ1) is 15.2. The molecule has 1 amide bonds. The van der Waals surface area contributed by atoms with Crippen LogP contribution in [-0.2, 0) is 9.59 Å². The molecule has 0 aromatic heterocycles. The van der Waals surface area contributed by atoms with E-state index in [-0.39, 0.29) is 16.5 Å². The summed E-state index contributed by atoms with van der Waals surface area (Å²) in [6, 6.07) is 3.68. The summed E-state index contributed by atoms with van der Waals surface area (Å²) in [4.78, 5) is 22.1. The Bertz CT molecular complexity index is 496. The minimum Gasteiger partial charge on any atom is -0.481 e. The third kappa shape index (κ3) is 4.36. The zero-order valence-electron chi connectivity index (χ0n) is 9.69. The summed E-state index contributed by atoms with van der Waals surface area (Å²) >= 11 is 5.62. The highest BCUT2D eigenvalue weighted by Crippen LogP contribution is 2.29. The van der Waals surface area contributed by atoms with Gasteiger partial charge in [0.15, 0.2) is 0 Å². The van der Waals surface area contributed by atoms with Crippen LogP contribution >= 0.6 is 11.6 Å². The van der Waals surface area contributed by atoms with Gasteiger partial charge in [0.2, 0.25) is 5.91 Å². The fourth-order valence-electron chi connectivity index (χ4n) is 1.13. The number of carbonyl (C=O) groups is 2. The molecule has 1 atom stereocenters. The Morgan fingerprint density at radius 2 is 2.05 bits per heavy atom. The van der Waals surface area contributed by atoms with Crippen LogP contribution in [0.25, 0.3) is 0 Å². The van der Waals surface area contributed by atoms with Gasteiger partial charge in [-0.25, -0.2) is 0 Å². The van der Waals surface area contributed by atoms with E-state index in [1.165, 1.54) is 19.1 Å². The normalized spacial score (nSPS) is 12.1. The number of carbonyl (C=O) groups excluding carboxylic acids is 1. The van der Waals surface area contributed by atoms with Gasteiger partial charge in [0.05, 0.1) is 5.02 Å².